The van der Waals surface area contributed by atoms with Gasteiger partial charge in [-0.05, 0) is 108 Å². The van der Waals surface area contributed by atoms with Crippen molar-refractivity contribution in [2.24, 2.45) is 0 Å². The minimum Gasteiger partial charge on any atom is -0.143 e. The van der Waals surface area contributed by atoms with Crippen LogP contribution in [-0.4, -0.2) is 0 Å². The van der Waals surface area contributed by atoms with Gasteiger partial charge in [-0.2, -0.15) is 0 Å². The quantitative estimate of drug-likeness (QED) is 0.0557. The minimum atomic E-state index is 1.21. The Bertz CT molecular complexity index is 1460. The lowest BCUT2D eigenvalue weighted by Crippen LogP contribution is -1.93. The van der Waals surface area contributed by atoms with E-state index in [1.807, 2.05) is 22.7 Å². The summed E-state index contributed by atoms with van der Waals surface area (Å²) >= 11 is 8.03. The molecule has 4 aromatic heterocycles. The van der Waals surface area contributed by atoms with Gasteiger partial charge in [0, 0.05) is 28.9 Å². The Morgan fingerprint density at radius 3 is 1.08 bits per heavy atom. The highest BCUT2D eigenvalue weighted by molar-refractivity contribution is 7.27. The van der Waals surface area contributed by atoms with Crippen LogP contribution in [0.5, 0.6) is 0 Å². The third-order valence-electron chi connectivity index (χ3n) is 10.4. The molecular formula is C44H62S4. The van der Waals surface area contributed by atoms with Gasteiger partial charge in [0.1, 0.15) is 0 Å². The van der Waals surface area contributed by atoms with Crippen LogP contribution in [0.15, 0.2) is 35.0 Å². The van der Waals surface area contributed by atoms with Crippen molar-refractivity contribution < 1.29 is 0 Å². The normalized spacial score (nSPS) is 11.9. The summed E-state index contributed by atoms with van der Waals surface area (Å²) in [6.45, 7) is 9.21. The summed E-state index contributed by atoms with van der Waals surface area (Å²) in [6, 6.07) is 9.80. The number of hydrogen-bond donors (Lipinski definition) is 0. The zero-order valence-corrected chi connectivity index (χ0v) is 33.9. The maximum Gasteiger partial charge on any atom is 0.0472 e. The van der Waals surface area contributed by atoms with E-state index in [1.165, 1.54) is 172 Å². The van der Waals surface area contributed by atoms with Gasteiger partial charge < -0.3 is 0 Å². The average Bonchev–Trinajstić information content (AvgIpc) is 3.90. The zero-order valence-electron chi connectivity index (χ0n) is 30.7. The monoisotopic (exact) mass is 718 g/mol. The largest absolute Gasteiger partial charge is 0.143 e. The second-order valence-electron chi connectivity index (χ2n) is 14.4. The SMILES string of the molecule is CCCCCCCCCCCCc1c2cc(-c3sccc3C)sc2c(CCCCCCCCCCCC)c2cc(-c3sccc3C)sc12. The highest BCUT2D eigenvalue weighted by Crippen LogP contribution is 2.48. The number of hydrogen-bond acceptors (Lipinski definition) is 4. The first-order valence-electron chi connectivity index (χ1n) is 19.7. The molecule has 0 nitrogen and oxygen atoms in total. The Hall–Kier alpha value is -1.46. The third-order valence-corrected chi connectivity index (χ3v) is 15.2. The lowest BCUT2D eigenvalue weighted by atomic mass is 9.94. The lowest BCUT2D eigenvalue weighted by molar-refractivity contribution is 0.556. The number of fused-ring (bicyclic) bond motifs is 2. The zero-order chi connectivity index (χ0) is 33.6. The van der Waals surface area contributed by atoms with Crippen molar-refractivity contribution in [1.82, 2.24) is 0 Å². The molecule has 4 heteroatoms. The Kier molecular flexibility index (Phi) is 16.1. The van der Waals surface area contributed by atoms with E-state index in [0.717, 1.165) is 0 Å². The van der Waals surface area contributed by atoms with E-state index in [0.29, 0.717) is 0 Å². The van der Waals surface area contributed by atoms with E-state index < -0.39 is 0 Å². The molecule has 0 bridgehead atoms. The topological polar surface area (TPSA) is 0 Å². The number of benzene rings is 1. The molecule has 0 unspecified atom stereocenters. The van der Waals surface area contributed by atoms with Crippen LogP contribution in [0.25, 0.3) is 39.7 Å². The van der Waals surface area contributed by atoms with Crippen LogP contribution in [0.1, 0.15) is 165 Å². The summed E-state index contributed by atoms with van der Waals surface area (Å²) in [5.41, 5.74) is 6.15. The van der Waals surface area contributed by atoms with Crippen LogP contribution in [0.4, 0.5) is 0 Å². The molecule has 48 heavy (non-hydrogen) atoms. The van der Waals surface area contributed by atoms with Crippen molar-refractivity contribution in [3.05, 3.63) is 57.3 Å². The fourth-order valence-electron chi connectivity index (χ4n) is 7.47. The predicted molar refractivity (Wildman–Crippen MR) is 224 cm³/mol. The van der Waals surface area contributed by atoms with Crippen LogP contribution in [0.3, 0.4) is 0 Å². The van der Waals surface area contributed by atoms with Gasteiger partial charge in [-0.3, -0.25) is 0 Å². The molecule has 0 atom stereocenters. The molecule has 0 spiro atoms. The van der Waals surface area contributed by atoms with Gasteiger partial charge in [0.2, 0.25) is 0 Å². The van der Waals surface area contributed by atoms with Gasteiger partial charge in [0.05, 0.1) is 0 Å². The second kappa shape index (κ2) is 20.4. The highest BCUT2D eigenvalue weighted by atomic mass is 32.1. The molecule has 0 radical (unpaired) electrons. The Labute approximate surface area is 309 Å². The standard InChI is InChI=1S/C44H62S4/c1-5-7-9-11-13-15-17-19-21-23-25-35-37-31-39(41-33(3)27-29-45-41)48-44(37)36(26-24-22-20-18-16-14-12-10-8-6-2)38-32-40(47-43(35)38)42-34(4)28-30-46-42/h27-32H,5-26H2,1-4H3. The fraction of sp³-hybridized carbons (Fsp3) is 0.591. The number of unbranched alkanes of at least 4 members (excludes halogenated alkanes) is 18. The molecule has 0 aliphatic heterocycles. The van der Waals surface area contributed by atoms with Crippen molar-refractivity contribution in [2.45, 2.75) is 169 Å². The average molecular weight is 719 g/mol. The molecule has 0 aliphatic carbocycles. The second-order valence-corrected chi connectivity index (χ2v) is 18.3. The van der Waals surface area contributed by atoms with E-state index in [2.05, 4.69) is 85.4 Å². The number of thiophene rings is 4. The van der Waals surface area contributed by atoms with Crippen LogP contribution in [-0.2, 0) is 12.8 Å². The number of aryl methyl sites for hydroxylation is 4. The van der Waals surface area contributed by atoms with Gasteiger partial charge in [-0.1, -0.05) is 129 Å². The maximum atomic E-state index is 2.60. The molecule has 262 valence electrons. The van der Waals surface area contributed by atoms with Gasteiger partial charge in [-0.15, -0.1) is 45.3 Å². The predicted octanol–water partition coefficient (Wildman–Crippen LogP) is 17.1. The number of rotatable bonds is 24. The van der Waals surface area contributed by atoms with Crippen molar-refractivity contribution in [1.29, 1.82) is 0 Å². The molecule has 1 aromatic carbocycles. The van der Waals surface area contributed by atoms with E-state index in [-0.39, 0.29) is 0 Å². The molecule has 0 saturated carbocycles. The molecule has 5 aromatic rings. The van der Waals surface area contributed by atoms with Gasteiger partial charge in [-0.25, -0.2) is 0 Å². The summed E-state index contributed by atoms with van der Waals surface area (Å²) in [5.74, 6) is 0. The van der Waals surface area contributed by atoms with Crippen LogP contribution in [0, 0.1) is 13.8 Å². The first-order chi connectivity index (χ1) is 23.6. The Morgan fingerprint density at radius 2 is 0.771 bits per heavy atom. The van der Waals surface area contributed by atoms with Gasteiger partial charge in [0.15, 0.2) is 0 Å². The van der Waals surface area contributed by atoms with Crippen LogP contribution in [0.2, 0.25) is 0 Å². The van der Waals surface area contributed by atoms with E-state index in [9.17, 15) is 0 Å². The van der Waals surface area contributed by atoms with Crippen LogP contribution >= 0.6 is 45.3 Å². The third kappa shape index (κ3) is 10.3. The molecule has 0 fully saturated rings. The molecule has 0 aliphatic rings. The lowest BCUT2D eigenvalue weighted by Gasteiger charge is -2.12. The van der Waals surface area contributed by atoms with Crippen molar-refractivity contribution in [3.8, 4) is 19.5 Å². The molecule has 0 amide bonds. The highest BCUT2D eigenvalue weighted by Gasteiger charge is 2.21. The first kappa shape index (κ1) is 37.8. The maximum absolute atomic E-state index is 2.60. The minimum absolute atomic E-state index is 1.21. The van der Waals surface area contributed by atoms with E-state index in [1.54, 1.807) is 31.3 Å². The van der Waals surface area contributed by atoms with Gasteiger partial charge >= 0.3 is 0 Å². The van der Waals surface area contributed by atoms with Gasteiger partial charge in [0.25, 0.3) is 0 Å². The van der Waals surface area contributed by atoms with Crippen molar-refractivity contribution in [3.63, 3.8) is 0 Å². The summed E-state index contributed by atoms with van der Waals surface area (Å²) < 4.78 is 3.19. The smallest absolute Gasteiger partial charge is 0.0472 e. The summed E-state index contributed by atoms with van der Waals surface area (Å²) in [7, 11) is 0. The summed E-state index contributed by atoms with van der Waals surface area (Å²) in [4.78, 5) is 5.92. The molecule has 4 heterocycles. The first-order valence-corrected chi connectivity index (χ1v) is 23.1. The molecule has 0 saturated heterocycles. The molecule has 0 N–H and O–H groups in total. The van der Waals surface area contributed by atoms with E-state index >= 15 is 0 Å². The van der Waals surface area contributed by atoms with E-state index in [4.69, 9.17) is 0 Å². The molecule has 5 rings (SSSR count). The Balaban J connectivity index is 1.36. The summed E-state index contributed by atoms with van der Waals surface area (Å²) in [6.07, 6.45) is 30.3. The van der Waals surface area contributed by atoms with Crippen molar-refractivity contribution >= 4 is 65.5 Å². The Morgan fingerprint density at radius 1 is 0.438 bits per heavy atom. The van der Waals surface area contributed by atoms with Crippen molar-refractivity contribution in [2.75, 3.05) is 0 Å². The van der Waals surface area contributed by atoms with Crippen LogP contribution < -0.4 is 0 Å². The molecular weight excluding hydrogens is 657 g/mol. The summed E-state index contributed by atoms with van der Waals surface area (Å²) in [5, 5.41) is 7.70. The fourth-order valence-corrected chi connectivity index (χ4v) is 12.2.